The van der Waals surface area contributed by atoms with E-state index < -0.39 is 17.7 Å². The summed E-state index contributed by atoms with van der Waals surface area (Å²) in [6.45, 7) is 5.60. The Bertz CT molecular complexity index is 1110. The van der Waals surface area contributed by atoms with E-state index in [1.54, 1.807) is 11.0 Å². The molecule has 34 heavy (non-hydrogen) atoms. The third-order valence-corrected chi connectivity index (χ3v) is 6.17. The van der Waals surface area contributed by atoms with Crippen LogP contribution in [-0.2, 0) is 16.0 Å². The molecule has 2 aromatic rings. The van der Waals surface area contributed by atoms with Crippen molar-refractivity contribution in [3.63, 3.8) is 0 Å². The maximum atomic E-state index is 13.2. The Morgan fingerprint density at radius 1 is 1.18 bits per heavy atom. The smallest absolute Gasteiger partial charge is 0.295 e. The molecule has 0 saturated carbocycles. The number of rotatable bonds is 8. The van der Waals surface area contributed by atoms with Gasteiger partial charge in [-0.25, -0.2) is 0 Å². The molecular weight excluding hydrogens is 432 g/mol. The van der Waals surface area contributed by atoms with E-state index in [4.69, 9.17) is 9.47 Å². The van der Waals surface area contributed by atoms with E-state index >= 15 is 0 Å². The van der Waals surface area contributed by atoms with Crippen molar-refractivity contribution in [2.75, 3.05) is 33.8 Å². The summed E-state index contributed by atoms with van der Waals surface area (Å²) >= 11 is 0. The monoisotopic (exact) mass is 464 g/mol. The van der Waals surface area contributed by atoms with Crippen molar-refractivity contribution in [3.05, 3.63) is 64.7 Å². The van der Waals surface area contributed by atoms with Crippen LogP contribution in [0.5, 0.6) is 11.5 Å². The van der Waals surface area contributed by atoms with Crippen molar-refractivity contribution in [2.45, 2.75) is 38.8 Å². The molecule has 2 heterocycles. The standard InChI is InChI=1S/C27H32N2O5/c1-5-14-33-21-9-6-18(7-10-21)24-23(26(31)27(32)29(24)13-12-28(3)4)25(30)19-8-11-22-20(16-19)15-17(2)34-22/h6-11,16-17,24,30H,5,12-15H2,1-4H3. The highest BCUT2D eigenvalue weighted by atomic mass is 16.5. The lowest BCUT2D eigenvalue weighted by Crippen LogP contribution is -2.35. The minimum absolute atomic E-state index is 0.0671. The van der Waals surface area contributed by atoms with Crippen molar-refractivity contribution in [1.82, 2.24) is 9.80 Å². The Morgan fingerprint density at radius 2 is 1.91 bits per heavy atom. The number of likely N-dealkylation sites (N-methyl/N-ethyl adjacent to an activating group) is 1. The zero-order valence-corrected chi connectivity index (χ0v) is 20.2. The van der Waals surface area contributed by atoms with E-state index in [1.165, 1.54) is 0 Å². The average Bonchev–Trinajstić information content (AvgIpc) is 3.31. The van der Waals surface area contributed by atoms with Crippen LogP contribution < -0.4 is 9.47 Å². The van der Waals surface area contributed by atoms with Gasteiger partial charge in [-0.1, -0.05) is 19.1 Å². The van der Waals surface area contributed by atoms with Crippen LogP contribution in [0, 0.1) is 0 Å². The molecule has 0 bridgehead atoms. The van der Waals surface area contributed by atoms with Gasteiger partial charge in [-0.2, -0.15) is 0 Å². The van der Waals surface area contributed by atoms with Crippen LogP contribution in [0.4, 0.5) is 0 Å². The number of ketones is 1. The predicted molar refractivity (Wildman–Crippen MR) is 130 cm³/mol. The topological polar surface area (TPSA) is 79.3 Å². The molecule has 2 aliphatic heterocycles. The molecular formula is C27H32N2O5. The molecule has 2 atom stereocenters. The van der Waals surface area contributed by atoms with Crippen molar-refractivity contribution in [3.8, 4) is 11.5 Å². The molecule has 7 heteroatoms. The minimum atomic E-state index is -0.677. The number of carbonyl (C=O) groups excluding carboxylic acids is 2. The molecule has 1 saturated heterocycles. The highest BCUT2D eigenvalue weighted by Crippen LogP contribution is 2.40. The van der Waals surface area contributed by atoms with E-state index in [-0.39, 0.29) is 17.4 Å². The fourth-order valence-electron chi connectivity index (χ4n) is 4.46. The summed E-state index contributed by atoms with van der Waals surface area (Å²) in [6, 6.07) is 12.1. The lowest BCUT2D eigenvalue weighted by molar-refractivity contribution is -0.140. The van der Waals surface area contributed by atoms with Gasteiger partial charge in [0.25, 0.3) is 11.7 Å². The van der Waals surface area contributed by atoms with Gasteiger partial charge in [0.05, 0.1) is 18.2 Å². The second kappa shape index (κ2) is 9.89. The first-order valence-corrected chi connectivity index (χ1v) is 11.8. The van der Waals surface area contributed by atoms with Crippen LogP contribution >= 0.6 is 0 Å². The number of amides is 1. The van der Waals surface area contributed by atoms with Crippen LogP contribution in [0.2, 0.25) is 0 Å². The summed E-state index contributed by atoms with van der Waals surface area (Å²) in [7, 11) is 3.83. The number of benzene rings is 2. The Morgan fingerprint density at radius 3 is 2.59 bits per heavy atom. The molecule has 7 nitrogen and oxygen atoms in total. The molecule has 2 aromatic carbocycles. The quantitative estimate of drug-likeness (QED) is 0.364. The Hall–Kier alpha value is -3.32. The minimum Gasteiger partial charge on any atom is -0.507 e. The fraction of sp³-hybridized carbons (Fsp3) is 0.407. The Labute approximate surface area is 200 Å². The lowest BCUT2D eigenvalue weighted by atomic mass is 9.94. The van der Waals surface area contributed by atoms with Crippen molar-refractivity contribution in [1.29, 1.82) is 0 Å². The maximum absolute atomic E-state index is 13.2. The van der Waals surface area contributed by atoms with Crippen LogP contribution in [0.25, 0.3) is 5.76 Å². The average molecular weight is 465 g/mol. The maximum Gasteiger partial charge on any atom is 0.295 e. The Kier molecular flexibility index (Phi) is 6.93. The van der Waals surface area contributed by atoms with E-state index in [9.17, 15) is 14.7 Å². The van der Waals surface area contributed by atoms with Gasteiger partial charge >= 0.3 is 0 Å². The molecule has 2 unspecified atom stereocenters. The van der Waals surface area contributed by atoms with Gasteiger partial charge < -0.3 is 24.4 Å². The predicted octanol–water partition coefficient (Wildman–Crippen LogP) is 3.78. The zero-order valence-electron chi connectivity index (χ0n) is 20.2. The van der Waals surface area contributed by atoms with E-state index in [1.807, 2.05) is 69.2 Å². The molecule has 0 radical (unpaired) electrons. The number of nitrogens with zero attached hydrogens (tertiary/aromatic N) is 2. The second-order valence-corrected chi connectivity index (χ2v) is 9.17. The third kappa shape index (κ3) is 4.66. The largest absolute Gasteiger partial charge is 0.507 e. The molecule has 180 valence electrons. The third-order valence-electron chi connectivity index (χ3n) is 6.17. The van der Waals surface area contributed by atoms with Gasteiger partial charge in [-0.3, -0.25) is 9.59 Å². The number of hydrogen-bond donors (Lipinski definition) is 1. The number of likely N-dealkylation sites (tertiary alicyclic amines) is 1. The highest BCUT2D eigenvalue weighted by Gasteiger charge is 2.46. The summed E-state index contributed by atoms with van der Waals surface area (Å²) in [5.41, 5.74) is 2.35. The molecule has 1 N–H and O–H groups in total. The SMILES string of the molecule is CCCOc1ccc(C2C(=C(O)c3ccc4c(c3)CC(C)O4)C(=O)C(=O)N2CCN(C)C)cc1. The van der Waals surface area contributed by atoms with Crippen LogP contribution in [0.3, 0.4) is 0 Å². The fourth-order valence-corrected chi connectivity index (χ4v) is 4.46. The molecule has 1 amide bonds. The molecule has 0 spiro atoms. The van der Waals surface area contributed by atoms with Crippen LogP contribution in [-0.4, -0.2) is 66.5 Å². The summed E-state index contributed by atoms with van der Waals surface area (Å²) < 4.78 is 11.5. The number of aliphatic hydroxyl groups excluding tert-OH is 1. The number of ether oxygens (including phenoxy) is 2. The molecule has 0 aromatic heterocycles. The first-order chi connectivity index (χ1) is 16.3. The molecule has 2 aliphatic rings. The molecule has 0 aliphatic carbocycles. The van der Waals surface area contributed by atoms with Crippen molar-refractivity contribution >= 4 is 17.4 Å². The zero-order chi connectivity index (χ0) is 24.4. The van der Waals surface area contributed by atoms with Gasteiger partial charge in [0.2, 0.25) is 0 Å². The van der Waals surface area contributed by atoms with E-state index in [2.05, 4.69) is 0 Å². The highest BCUT2D eigenvalue weighted by molar-refractivity contribution is 6.46. The lowest BCUT2D eigenvalue weighted by Gasteiger charge is -2.26. The number of hydrogen-bond acceptors (Lipinski definition) is 6. The van der Waals surface area contributed by atoms with Crippen molar-refractivity contribution < 1.29 is 24.2 Å². The number of carbonyl (C=O) groups is 2. The van der Waals surface area contributed by atoms with Gasteiger partial charge in [-0.15, -0.1) is 0 Å². The normalized spacial score (nSPS) is 21.1. The number of Topliss-reactive ketones (excluding diaryl/α,β-unsaturated/α-hetero) is 1. The van der Waals surface area contributed by atoms with Gasteiger partial charge in [0.1, 0.15) is 23.4 Å². The summed E-state index contributed by atoms with van der Waals surface area (Å²) in [5.74, 6) is 0.0816. The first-order valence-electron chi connectivity index (χ1n) is 11.8. The Balaban J connectivity index is 1.76. The van der Waals surface area contributed by atoms with E-state index in [0.29, 0.717) is 25.3 Å². The van der Waals surface area contributed by atoms with Gasteiger partial charge in [0.15, 0.2) is 0 Å². The summed E-state index contributed by atoms with van der Waals surface area (Å²) in [6.07, 6.45) is 1.70. The van der Waals surface area contributed by atoms with Crippen LogP contribution in [0.15, 0.2) is 48.0 Å². The van der Waals surface area contributed by atoms with Crippen molar-refractivity contribution in [2.24, 2.45) is 0 Å². The summed E-state index contributed by atoms with van der Waals surface area (Å²) in [4.78, 5) is 29.7. The molecule has 1 fully saturated rings. The first kappa shape index (κ1) is 23.8. The number of fused-ring (bicyclic) bond motifs is 1. The van der Waals surface area contributed by atoms with Gasteiger partial charge in [-0.05, 0) is 68.9 Å². The number of aliphatic hydroxyl groups is 1. The van der Waals surface area contributed by atoms with Crippen LogP contribution in [0.1, 0.15) is 43.0 Å². The molecule has 4 rings (SSSR count). The van der Waals surface area contributed by atoms with Gasteiger partial charge in [0, 0.05) is 25.1 Å². The van der Waals surface area contributed by atoms with E-state index in [0.717, 1.165) is 35.5 Å². The second-order valence-electron chi connectivity index (χ2n) is 9.17. The summed E-state index contributed by atoms with van der Waals surface area (Å²) in [5, 5.41) is 11.3.